The quantitative estimate of drug-likeness (QED) is 0.0991. The van der Waals surface area contributed by atoms with Crippen LogP contribution < -0.4 is 0 Å². The fraction of sp³-hybridized carbons (Fsp3) is 0.364. The van der Waals surface area contributed by atoms with Crippen molar-refractivity contribution in [1.82, 2.24) is 0 Å². The molecule has 0 heterocycles. The number of unbranched alkanes of at least 4 members (excludes halogenated alkanes) is 4. The van der Waals surface area contributed by atoms with Crippen molar-refractivity contribution in [3.8, 4) is 22.3 Å². The first kappa shape index (κ1) is 33.4. The van der Waals surface area contributed by atoms with Gasteiger partial charge in [-0.15, -0.1) is 0 Å². The first-order valence-electron chi connectivity index (χ1n) is 18.1. The summed E-state index contributed by atoms with van der Waals surface area (Å²) in [5, 5.41) is 0. The average Bonchev–Trinajstić information content (AvgIpc) is 3.71. The van der Waals surface area contributed by atoms with Gasteiger partial charge in [0, 0.05) is 0 Å². The van der Waals surface area contributed by atoms with E-state index in [4.69, 9.17) is 0 Å². The minimum absolute atomic E-state index is 0.582. The predicted molar refractivity (Wildman–Crippen MR) is 203 cm³/mol. The molecule has 6 rings (SSSR count). The molecule has 0 radical (unpaired) electrons. The molecule has 0 bridgehead atoms. The average molecular weight is 789 g/mol. The van der Waals surface area contributed by atoms with Crippen molar-refractivity contribution >= 4 is 17.6 Å². The van der Waals surface area contributed by atoms with Crippen LogP contribution in [0.2, 0.25) is 21.4 Å². The van der Waals surface area contributed by atoms with Gasteiger partial charge < -0.3 is 0 Å². The summed E-state index contributed by atoms with van der Waals surface area (Å²) in [4.78, 5) is 0. The van der Waals surface area contributed by atoms with Crippen molar-refractivity contribution in [2.45, 2.75) is 95.0 Å². The van der Waals surface area contributed by atoms with Gasteiger partial charge in [-0.1, -0.05) is 0 Å². The molecule has 0 aromatic heterocycles. The summed E-state index contributed by atoms with van der Waals surface area (Å²) >= 11 is -3.92. The predicted octanol–water partition coefficient (Wildman–Crippen LogP) is 13.6. The van der Waals surface area contributed by atoms with Gasteiger partial charge >= 0.3 is 283 Å². The SMILES string of the molecule is CCCCC[Si](CCCCC)=[Hf]([CH3])([CH3])([CH]1C=Cc2c(-c3ccc(C)cc3)cccc21)[CH]1C=Cc2c(-c3ccc(C)cc3)cccc21. The topological polar surface area (TPSA) is 0 Å². The zero-order valence-electron chi connectivity index (χ0n) is 29.2. The van der Waals surface area contributed by atoms with E-state index in [1.165, 1.54) is 95.1 Å². The Bertz CT molecular complexity index is 1700. The van der Waals surface area contributed by atoms with E-state index in [-0.39, 0.29) is 0 Å². The van der Waals surface area contributed by atoms with Crippen molar-refractivity contribution < 1.29 is 17.1 Å². The first-order valence-corrected chi connectivity index (χ1v) is 36.7. The van der Waals surface area contributed by atoms with Crippen LogP contribution in [0.5, 0.6) is 0 Å². The normalized spacial score (nSPS) is 16.9. The molecule has 4 aromatic rings. The van der Waals surface area contributed by atoms with Crippen molar-refractivity contribution in [2.75, 3.05) is 0 Å². The van der Waals surface area contributed by atoms with Crippen molar-refractivity contribution in [2.24, 2.45) is 0 Å². The molecule has 0 N–H and O–H groups in total. The number of rotatable bonds is 12. The monoisotopic (exact) mass is 790 g/mol. The molecule has 0 saturated carbocycles. The van der Waals surface area contributed by atoms with Crippen LogP contribution in [0.15, 0.2) is 97.1 Å². The fourth-order valence-electron chi connectivity index (χ4n) is 8.92. The Morgan fingerprint density at radius 1 is 0.543 bits per heavy atom. The fourth-order valence-corrected chi connectivity index (χ4v) is 62.4. The van der Waals surface area contributed by atoms with Gasteiger partial charge in [0.2, 0.25) is 0 Å². The number of benzene rings is 4. The van der Waals surface area contributed by atoms with Crippen LogP contribution in [-0.4, -0.2) is 5.49 Å². The summed E-state index contributed by atoms with van der Waals surface area (Å²) in [5.74, 6) is 0. The molecule has 2 heteroatoms. The van der Waals surface area contributed by atoms with Crippen molar-refractivity contribution in [3.05, 3.63) is 130 Å². The molecule has 0 spiro atoms. The molecule has 0 aliphatic heterocycles. The molecular weight excluding hydrogens is 735 g/mol. The Morgan fingerprint density at radius 3 is 1.35 bits per heavy atom. The van der Waals surface area contributed by atoms with E-state index in [0.717, 1.165) is 0 Å². The van der Waals surface area contributed by atoms with Gasteiger partial charge in [-0.2, -0.15) is 0 Å². The van der Waals surface area contributed by atoms with Gasteiger partial charge in [-0.05, 0) is 0 Å². The van der Waals surface area contributed by atoms with Gasteiger partial charge in [0.15, 0.2) is 0 Å². The molecule has 2 atom stereocenters. The van der Waals surface area contributed by atoms with Gasteiger partial charge in [-0.3, -0.25) is 0 Å². The summed E-state index contributed by atoms with van der Waals surface area (Å²) < 4.78 is 7.07. The molecule has 0 fully saturated rings. The van der Waals surface area contributed by atoms with Gasteiger partial charge in [0.25, 0.3) is 0 Å². The van der Waals surface area contributed by atoms with Crippen LogP contribution in [0.3, 0.4) is 0 Å². The summed E-state index contributed by atoms with van der Waals surface area (Å²) in [6.45, 7) is 9.13. The molecule has 46 heavy (non-hydrogen) atoms. The van der Waals surface area contributed by atoms with Crippen LogP contribution in [0.4, 0.5) is 0 Å². The number of hydrogen-bond donors (Lipinski definition) is 0. The Hall–Kier alpha value is -2.55. The summed E-state index contributed by atoms with van der Waals surface area (Å²) in [6, 6.07) is 35.8. The Morgan fingerprint density at radius 2 is 0.957 bits per heavy atom. The van der Waals surface area contributed by atoms with Crippen molar-refractivity contribution in [3.63, 3.8) is 0 Å². The molecule has 238 valence electrons. The van der Waals surface area contributed by atoms with Crippen LogP contribution in [0.1, 0.15) is 93.1 Å². The summed E-state index contributed by atoms with van der Waals surface area (Å²) in [7, 11) is 0. The van der Waals surface area contributed by atoms with Crippen LogP contribution in [0.25, 0.3) is 34.4 Å². The van der Waals surface area contributed by atoms with Crippen molar-refractivity contribution in [1.29, 1.82) is 0 Å². The van der Waals surface area contributed by atoms with E-state index in [1.54, 1.807) is 11.1 Å². The molecule has 2 aliphatic rings. The van der Waals surface area contributed by atoms with E-state index in [1.807, 2.05) is 0 Å². The van der Waals surface area contributed by atoms with Gasteiger partial charge in [0.1, 0.15) is 0 Å². The molecule has 2 aliphatic carbocycles. The van der Waals surface area contributed by atoms with E-state index in [2.05, 4.69) is 146 Å². The zero-order valence-corrected chi connectivity index (χ0v) is 33.8. The van der Waals surface area contributed by atoms with Gasteiger partial charge in [-0.25, -0.2) is 0 Å². The first-order chi connectivity index (χ1) is 22.3. The Labute approximate surface area is 280 Å². The molecule has 0 nitrogen and oxygen atoms in total. The van der Waals surface area contributed by atoms with Crippen LogP contribution >= 0.6 is 0 Å². The number of allylic oxidation sites excluding steroid dienone is 2. The van der Waals surface area contributed by atoms with Crippen LogP contribution in [0, 0.1) is 13.8 Å². The second-order valence-corrected chi connectivity index (χ2v) is 61.1. The van der Waals surface area contributed by atoms with E-state index < -0.39 is 22.6 Å². The molecular formula is C44H54HfSi. The van der Waals surface area contributed by atoms with Crippen LogP contribution in [-0.2, 0) is 17.1 Å². The second kappa shape index (κ2) is 13.9. The third-order valence-electron chi connectivity index (χ3n) is 11.8. The maximum atomic E-state index is 2.95. The standard InChI is InChI=1S/2C16H13.C10H22Si.2CH3.Hf/c2*1-12-8-10-14(11-9-12)16-7-3-5-13-4-2-6-15(13)16;1-3-5-7-9-11-10-8-6-4-2;;;/h2*2-11H,1H3;3-10H2,1-2H3;2*1H3;. The third kappa shape index (κ3) is 6.10. The van der Waals surface area contributed by atoms with E-state index >= 15 is 0 Å². The maximum absolute atomic E-state index is 3.92. The van der Waals surface area contributed by atoms with Gasteiger partial charge in [0.05, 0.1) is 0 Å². The van der Waals surface area contributed by atoms with E-state index in [9.17, 15) is 0 Å². The minimum atomic E-state index is -3.92. The summed E-state index contributed by atoms with van der Waals surface area (Å²) in [5.41, 5.74) is 13.8. The Balaban J connectivity index is 1.57. The number of aryl methyl sites for hydroxylation is 2. The third-order valence-corrected chi connectivity index (χ3v) is 67.8. The second-order valence-electron chi connectivity index (χ2n) is 15.2. The zero-order chi connectivity index (χ0) is 32.3. The molecule has 0 amide bonds. The number of hydrogen-bond acceptors (Lipinski definition) is 0. The molecule has 0 saturated heterocycles. The summed E-state index contributed by atoms with van der Waals surface area (Å²) in [6.07, 6.45) is 18.7. The number of fused-ring (bicyclic) bond motifs is 2. The van der Waals surface area contributed by atoms with E-state index in [0.29, 0.717) is 7.35 Å². The molecule has 2 unspecified atom stereocenters. The molecule has 4 aromatic carbocycles. The Kier molecular flexibility index (Phi) is 10.1.